The molecule has 0 aromatic carbocycles. The van der Waals surface area contributed by atoms with Gasteiger partial charge < -0.3 is 5.32 Å². The third kappa shape index (κ3) is 2.23. The highest BCUT2D eigenvalue weighted by Gasteiger charge is 2.21. The number of hydrogen-bond donors (Lipinski definition) is 1. The molecule has 0 amide bonds. The van der Waals surface area contributed by atoms with Gasteiger partial charge in [0.2, 0.25) is 0 Å². The highest BCUT2D eigenvalue weighted by molar-refractivity contribution is 5.23. The standard InChI is InChI=1S/C12H21N3/c1-13-8-7-12-11(9-14-15(12)2)10-5-3-4-6-10/h9-10,13H,3-8H2,1-2H3. The Bertz CT molecular complexity index is 311. The summed E-state index contributed by atoms with van der Waals surface area (Å²) in [6.07, 6.45) is 8.69. The second-order valence-electron chi connectivity index (χ2n) is 4.51. The van der Waals surface area contributed by atoms with E-state index in [2.05, 4.69) is 23.7 Å². The van der Waals surface area contributed by atoms with Gasteiger partial charge in [-0.05, 0) is 31.4 Å². The van der Waals surface area contributed by atoms with Gasteiger partial charge in [-0.2, -0.15) is 5.10 Å². The molecule has 15 heavy (non-hydrogen) atoms. The molecule has 1 heterocycles. The third-order valence-electron chi connectivity index (χ3n) is 3.50. The monoisotopic (exact) mass is 207 g/mol. The second-order valence-corrected chi connectivity index (χ2v) is 4.51. The lowest BCUT2D eigenvalue weighted by molar-refractivity contribution is 0.657. The summed E-state index contributed by atoms with van der Waals surface area (Å²) in [6.45, 7) is 1.04. The Balaban J connectivity index is 2.14. The van der Waals surface area contributed by atoms with Crippen molar-refractivity contribution in [1.29, 1.82) is 0 Å². The van der Waals surface area contributed by atoms with Crippen LogP contribution < -0.4 is 5.32 Å². The van der Waals surface area contributed by atoms with Crippen molar-refractivity contribution in [2.45, 2.75) is 38.0 Å². The molecule has 1 aromatic heterocycles. The first kappa shape index (κ1) is 10.7. The molecular formula is C12H21N3. The number of likely N-dealkylation sites (N-methyl/N-ethyl adjacent to an activating group) is 1. The molecular weight excluding hydrogens is 186 g/mol. The molecule has 0 saturated heterocycles. The van der Waals surface area contributed by atoms with Crippen LogP contribution in [0.25, 0.3) is 0 Å². The van der Waals surface area contributed by atoms with Gasteiger partial charge in [-0.3, -0.25) is 4.68 Å². The molecule has 84 valence electrons. The van der Waals surface area contributed by atoms with E-state index in [0.29, 0.717) is 0 Å². The summed E-state index contributed by atoms with van der Waals surface area (Å²) in [6, 6.07) is 0. The quantitative estimate of drug-likeness (QED) is 0.816. The highest BCUT2D eigenvalue weighted by Crippen LogP contribution is 2.35. The number of aromatic nitrogens is 2. The van der Waals surface area contributed by atoms with Crippen molar-refractivity contribution in [2.24, 2.45) is 7.05 Å². The molecule has 3 heteroatoms. The van der Waals surface area contributed by atoms with E-state index >= 15 is 0 Å². The lowest BCUT2D eigenvalue weighted by atomic mass is 9.97. The van der Waals surface area contributed by atoms with Crippen molar-refractivity contribution in [3.63, 3.8) is 0 Å². The van der Waals surface area contributed by atoms with Gasteiger partial charge in [0, 0.05) is 25.7 Å². The minimum Gasteiger partial charge on any atom is -0.319 e. The van der Waals surface area contributed by atoms with Gasteiger partial charge in [-0.15, -0.1) is 0 Å². The van der Waals surface area contributed by atoms with E-state index in [1.54, 1.807) is 0 Å². The van der Waals surface area contributed by atoms with Gasteiger partial charge in [-0.25, -0.2) is 0 Å². The average molecular weight is 207 g/mol. The van der Waals surface area contributed by atoms with Gasteiger partial charge in [0.05, 0.1) is 6.20 Å². The Hall–Kier alpha value is -0.830. The third-order valence-corrected chi connectivity index (χ3v) is 3.50. The maximum absolute atomic E-state index is 4.40. The molecule has 1 aliphatic rings. The lowest BCUT2D eigenvalue weighted by Crippen LogP contribution is -2.14. The van der Waals surface area contributed by atoms with E-state index < -0.39 is 0 Å². The summed E-state index contributed by atoms with van der Waals surface area (Å²) < 4.78 is 2.05. The second kappa shape index (κ2) is 4.79. The summed E-state index contributed by atoms with van der Waals surface area (Å²) in [4.78, 5) is 0. The molecule has 2 rings (SSSR count). The number of aryl methyl sites for hydroxylation is 1. The molecule has 1 fully saturated rings. The van der Waals surface area contributed by atoms with Gasteiger partial charge in [0.1, 0.15) is 0 Å². The SMILES string of the molecule is CNCCc1c(C2CCCC2)cnn1C. The first-order valence-corrected chi connectivity index (χ1v) is 5.98. The molecule has 0 radical (unpaired) electrons. The molecule has 1 saturated carbocycles. The molecule has 1 aromatic rings. The van der Waals surface area contributed by atoms with E-state index in [4.69, 9.17) is 0 Å². The van der Waals surface area contributed by atoms with Crippen molar-refractivity contribution >= 4 is 0 Å². The Morgan fingerprint density at radius 1 is 1.47 bits per heavy atom. The molecule has 0 bridgehead atoms. The van der Waals surface area contributed by atoms with E-state index in [9.17, 15) is 0 Å². The first-order valence-electron chi connectivity index (χ1n) is 5.98. The minimum atomic E-state index is 0.783. The van der Waals surface area contributed by atoms with Gasteiger partial charge >= 0.3 is 0 Å². The first-order chi connectivity index (χ1) is 7.33. The Labute approximate surface area is 91.9 Å². The Morgan fingerprint density at radius 2 is 2.20 bits per heavy atom. The van der Waals surface area contributed by atoms with Crippen molar-refractivity contribution < 1.29 is 0 Å². The number of nitrogens with one attached hydrogen (secondary N) is 1. The van der Waals surface area contributed by atoms with Crippen LogP contribution in [-0.2, 0) is 13.5 Å². The van der Waals surface area contributed by atoms with Crippen LogP contribution in [0.2, 0.25) is 0 Å². The van der Waals surface area contributed by atoms with Gasteiger partial charge in [0.25, 0.3) is 0 Å². The van der Waals surface area contributed by atoms with Crippen LogP contribution in [0.3, 0.4) is 0 Å². The number of rotatable bonds is 4. The van der Waals surface area contributed by atoms with E-state index in [-0.39, 0.29) is 0 Å². The van der Waals surface area contributed by atoms with Crippen LogP contribution in [0.4, 0.5) is 0 Å². The van der Waals surface area contributed by atoms with Crippen molar-refractivity contribution in [1.82, 2.24) is 15.1 Å². The molecule has 1 N–H and O–H groups in total. The van der Waals surface area contributed by atoms with Crippen LogP contribution in [0.1, 0.15) is 42.9 Å². The smallest absolute Gasteiger partial charge is 0.0527 e. The zero-order valence-corrected chi connectivity index (χ0v) is 9.79. The van der Waals surface area contributed by atoms with Crippen LogP contribution in [0.5, 0.6) is 0 Å². The lowest BCUT2D eigenvalue weighted by Gasteiger charge is -2.11. The highest BCUT2D eigenvalue weighted by atomic mass is 15.3. The topological polar surface area (TPSA) is 29.9 Å². The summed E-state index contributed by atoms with van der Waals surface area (Å²) in [5, 5.41) is 7.61. The van der Waals surface area contributed by atoms with Crippen molar-refractivity contribution in [3.8, 4) is 0 Å². The molecule has 0 unspecified atom stereocenters. The zero-order chi connectivity index (χ0) is 10.7. The van der Waals surface area contributed by atoms with Crippen molar-refractivity contribution in [3.05, 3.63) is 17.5 Å². The summed E-state index contributed by atoms with van der Waals surface area (Å²) >= 11 is 0. The van der Waals surface area contributed by atoms with Gasteiger partial charge in [0.15, 0.2) is 0 Å². The summed E-state index contributed by atoms with van der Waals surface area (Å²) in [7, 11) is 4.06. The fraction of sp³-hybridized carbons (Fsp3) is 0.750. The molecule has 1 aliphatic carbocycles. The minimum absolute atomic E-state index is 0.783. The van der Waals surface area contributed by atoms with Crippen molar-refractivity contribution in [2.75, 3.05) is 13.6 Å². The summed E-state index contributed by atoms with van der Waals surface area (Å²) in [5.74, 6) is 0.783. The predicted octanol–water partition coefficient (Wildman–Crippen LogP) is 1.84. The molecule has 0 spiro atoms. The maximum atomic E-state index is 4.40. The predicted molar refractivity (Wildman–Crippen MR) is 62.0 cm³/mol. The van der Waals surface area contributed by atoms with Crippen LogP contribution >= 0.6 is 0 Å². The van der Waals surface area contributed by atoms with Crippen LogP contribution in [0.15, 0.2) is 6.20 Å². The van der Waals surface area contributed by atoms with Crippen LogP contribution in [0, 0.1) is 0 Å². The Kier molecular flexibility index (Phi) is 3.41. The largest absolute Gasteiger partial charge is 0.319 e. The maximum Gasteiger partial charge on any atom is 0.0527 e. The average Bonchev–Trinajstić information content (AvgIpc) is 2.84. The Morgan fingerprint density at radius 3 is 2.87 bits per heavy atom. The molecule has 0 atom stereocenters. The van der Waals surface area contributed by atoms with Gasteiger partial charge in [-0.1, -0.05) is 12.8 Å². The van der Waals surface area contributed by atoms with E-state index in [0.717, 1.165) is 18.9 Å². The van der Waals surface area contributed by atoms with E-state index in [1.165, 1.54) is 36.9 Å². The zero-order valence-electron chi connectivity index (χ0n) is 9.79. The summed E-state index contributed by atoms with van der Waals surface area (Å²) in [5.41, 5.74) is 2.93. The molecule has 0 aliphatic heterocycles. The van der Waals surface area contributed by atoms with Crippen LogP contribution in [-0.4, -0.2) is 23.4 Å². The van der Waals surface area contributed by atoms with E-state index in [1.807, 2.05) is 11.7 Å². The number of nitrogens with zero attached hydrogens (tertiary/aromatic N) is 2. The fourth-order valence-electron chi connectivity index (χ4n) is 2.61. The normalized spacial score (nSPS) is 17.5. The number of hydrogen-bond acceptors (Lipinski definition) is 2. The molecule has 3 nitrogen and oxygen atoms in total. The fourth-order valence-corrected chi connectivity index (χ4v) is 2.61.